The molecule has 0 atom stereocenters. The predicted molar refractivity (Wildman–Crippen MR) is 74.9 cm³/mol. The number of oxime groups is 1. The zero-order chi connectivity index (χ0) is 15.4. The van der Waals surface area contributed by atoms with Gasteiger partial charge in [-0.2, -0.15) is 0 Å². The summed E-state index contributed by atoms with van der Waals surface area (Å²) in [4.78, 5) is 14.1. The molecular weight excluding hydrogens is 300 g/mol. The van der Waals surface area contributed by atoms with Gasteiger partial charge in [0, 0.05) is 23.9 Å². The molecule has 0 unspecified atom stereocenters. The number of hydrogen-bond donors (Lipinski definition) is 2. The molecule has 2 aromatic rings. The SMILES string of the molecule is NC(=NO)c1ccc(Oc2cc([N+](=O)[O-])ccc2Cl)nc1. The van der Waals surface area contributed by atoms with Gasteiger partial charge in [0.05, 0.1) is 16.0 Å². The van der Waals surface area contributed by atoms with Crippen molar-refractivity contribution < 1.29 is 14.9 Å². The topological polar surface area (TPSA) is 124 Å². The van der Waals surface area contributed by atoms with E-state index in [1.807, 2.05) is 0 Å². The standard InChI is InChI=1S/C12H9ClN4O4/c13-9-3-2-8(17(19)20)5-10(9)21-11-4-1-7(6-15-11)12(14)16-18/h1-6,18H,(H2,14,16). The Hall–Kier alpha value is -2.87. The molecule has 9 heteroatoms. The zero-order valence-electron chi connectivity index (χ0n) is 10.4. The maximum absolute atomic E-state index is 10.7. The maximum Gasteiger partial charge on any atom is 0.273 e. The van der Waals surface area contributed by atoms with Crippen LogP contribution in [-0.4, -0.2) is 21.0 Å². The molecule has 0 radical (unpaired) electrons. The van der Waals surface area contributed by atoms with Crippen LogP contribution in [0.1, 0.15) is 5.56 Å². The van der Waals surface area contributed by atoms with E-state index in [9.17, 15) is 10.1 Å². The summed E-state index contributed by atoms with van der Waals surface area (Å²) in [5.74, 6) is 0.171. The number of benzene rings is 1. The van der Waals surface area contributed by atoms with Crippen LogP contribution in [0.4, 0.5) is 5.69 Å². The van der Waals surface area contributed by atoms with Crippen LogP contribution in [0.25, 0.3) is 0 Å². The van der Waals surface area contributed by atoms with Crippen LogP contribution in [0.3, 0.4) is 0 Å². The molecule has 0 aliphatic carbocycles. The number of pyridine rings is 1. The van der Waals surface area contributed by atoms with Gasteiger partial charge in [0.1, 0.15) is 0 Å². The van der Waals surface area contributed by atoms with Crippen LogP contribution in [0.15, 0.2) is 41.7 Å². The van der Waals surface area contributed by atoms with E-state index >= 15 is 0 Å². The Bertz CT molecular complexity index is 703. The molecule has 0 amide bonds. The number of non-ortho nitro benzene ring substituents is 1. The van der Waals surface area contributed by atoms with Crippen molar-refractivity contribution in [1.82, 2.24) is 4.98 Å². The molecule has 0 saturated carbocycles. The van der Waals surface area contributed by atoms with E-state index in [4.69, 9.17) is 27.3 Å². The number of ether oxygens (including phenoxy) is 1. The highest BCUT2D eigenvalue weighted by Crippen LogP contribution is 2.31. The molecule has 0 fully saturated rings. The number of nitrogens with two attached hydrogens (primary N) is 1. The minimum Gasteiger partial charge on any atom is -0.437 e. The smallest absolute Gasteiger partial charge is 0.273 e. The summed E-state index contributed by atoms with van der Waals surface area (Å²) >= 11 is 5.91. The number of nitro benzene ring substituents is 1. The molecule has 8 nitrogen and oxygen atoms in total. The Morgan fingerprint density at radius 3 is 2.76 bits per heavy atom. The van der Waals surface area contributed by atoms with Crippen molar-refractivity contribution in [3.8, 4) is 11.6 Å². The molecule has 0 aliphatic heterocycles. The zero-order valence-corrected chi connectivity index (χ0v) is 11.2. The highest BCUT2D eigenvalue weighted by molar-refractivity contribution is 6.32. The summed E-state index contributed by atoms with van der Waals surface area (Å²) in [5, 5.41) is 22.3. The minimum absolute atomic E-state index is 0.0950. The van der Waals surface area contributed by atoms with Crippen LogP contribution in [-0.2, 0) is 0 Å². The first-order chi connectivity index (χ1) is 10.0. The molecule has 0 spiro atoms. The third-order valence-electron chi connectivity index (χ3n) is 2.48. The van der Waals surface area contributed by atoms with Gasteiger partial charge < -0.3 is 15.7 Å². The first kappa shape index (κ1) is 14.5. The summed E-state index contributed by atoms with van der Waals surface area (Å²) in [5.41, 5.74) is 5.65. The number of aromatic nitrogens is 1. The van der Waals surface area contributed by atoms with Crippen LogP contribution < -0.4 is 10.5 Å². The first-order valence-electron chi connectivity index (χ1n) is 5.57. The second-order valence-electron chi connectivity index (χ2n) is 3.84. The van der Waals surface area contributed by atoms with Gasteiger partial charge in [-0.3, -0.25) is 10.1 Å². The number of nitrogens with zero attached hydrogens (tertiary/aromatic N) is 3. The molecule has 1 heterocycles. The molecule has 3 N–H and O–H groups in total. The molecule has 1 aromatic carbocycles. The van der Waals surface area contributed by atoms with E-state index in [0.717, 1.165) is 0 Å². The lowest BCUT2D eigenvalue weighted by molar-refractivity contribution is -0.384. The Balaban J connectivity index is 2.26. The Morgan fingerprint density at radius 2 is 2.19 bits per heavy atom. The summed E-state index contributed by atoms with van der Waals surface area (Å²) in [6.07, 6.45) is 1.33. The summed E-state index contributed by atoms with van der Waals surface area (Å²) in [7, 11) is 0. The molecule has 21 heavy (non-hydrogen) atoms. The van der Waals surface area contributed by atoms with Gasteiger partial charge in [-0.1, -0.05) is 16.8 Å². The molecule has 0 saturated heterocycles. The van der Waals surface area contributed by atoms with Crippen molar-refractivity contribution in [2.75, 3.05) is 0 Å². The number of nitro groups is 1. The Kier molecular flexibility index (Phi) is 4.19. The van der Waals surface area contributed by atoms with Crippen molar-refractivity contribution in [1.29, 1.82) is 0 Å². The van der Waals surface area contributed by atoms with Gasteiger partial charge in [-0.25, -0.2) is 4.98 Å². The highest BCUT2D eigenvalue weighted by atomic mass is 35.5. The van der Waals surface area contributed by atoms with Crippen molar-refractivity contribution in [2.45, 2.75) is 0 Å². The molecule has 108 valence electrons. The van der Waals surface area contributed by atoms with Crippen molar-refractivity contribution in [2.24, 2.45) is 10.9 Å². The Morgan fingerprint density at radius 1 is 1.43 bits per heavy atom. The van der Waals surface area contributed by atoms with Gasteiger partial charge >= 0.3 is 0 Å². The van der Waals surface area contributed by atoms with Gasteiger partial charge in [0.25, 0.3) is 5.69 Å². The summed E-state index contributed by atoms with van der Waals surface area (Å²) in [6.45, 7) is 0. The number of halogens is 1. The third kappa shape index (κ3) is 3.37. The van der Waals surface area contributed by atoms with Crippen molar-refractivity contribution in [3.63, 3.8) is 0 Å². The minimum atomic E-state index is -0.557. The van der Waals surface area contributed by atoms with E-state index in [1.165, 1.54) is 36.5 Å². The van der Waals surface area contributed by atoms with Crippen LogP contribution in [0.5, 0.6) is 11.6 Å². The number of amidine groups is 1. The van der Waals surface area contributed by atoms with E-state index in [-0.39, 0.29) is 28.2 Å². The average molecular weight is 309 g/mol. The van der Waals surface area contributed by atoms with E-state index in [2.05, 4.69) is 10.1 Å². The maximum atomic E-state index is 10.7. The second kappa shape index (κ2) is 6.06. The lowest BCUT2D eigenvalue weighted by Gasteiger charge is -2.07. The van der Waals surface area contributed by atoms with Crippen LogP contribution >= 0.6 is 11.6 Å². The highest BCUT2D eigenvalue weighted by Gasteiger charge is 2.12. The number of hydrogen-bond acceptors (Lipinski definition) is 6. The monoisotopic (exact) mass is 308 g/mol. The lowest BCUT2D eigenvalue weighted by atomic mass is 10.2. The molecule has 0 aliphatic rings. The quantitative estimate of drug-likeness (QED) is 0.294. The van der Waals surface area contributed by atoms with Crippen LogP contribution in [0.2, 0.25) is 5.02 Å². The first-order valence-corrected chi connectivity index (χ1v) is 5.95. The van der Waals surface area contributed by atoms with E-state index < -0.39 is 4.92 Å². The van der Waals surface area contributed by atoms with Gasteiger partial charge in [0.15, 0.2) is 11.6 Å². The van der Waals surface area contributed by atoms with Crippen LogP contribution in [0, 0.1) is 10.1 Å². The molecule has 2 rings (SSSR count). The number of rotatable bonds is 4. The second-order valence-corrected chi connectivity index (χ2v) is 4.25. The van der Waals surface area contributed by atoms with E-state index in [1.54, 1.807) is 0 Å². The van der Waals surface area contributed by atoms with Gasteiger partial charge in [-0.05, 0) is 12.1 Å². The fraction of sp³-hybridized carbons (Fsp3) is 0. The molecule has 1 aromatic heterocycles. The van der Waals surface area contributed by atoms with E-state index in [0.29, 0.717) is 5.56 Å². The Labute approximate surface area is 123 Å². The summed E-state index contributed by atoms with van der Waals surface area (Å²) < 4.78 is 5.38. The lowest BCUT2D eigenvalue weighted by Crippen LogP contribution is -2.13. The molecular formula is C12H9ClN4O4. The fourth-order valence-electron chi connectivity index (χ4n) is 1.45. The van der Waals surface area contributed by atoms with Gasteiger partial charge in [0.2, 0.25) is 5.88 Å². The average Bonchev–Trinajstić information content (AvgIpc) is 2.49. The van der Waals surface area contributed by atoms with Crippen molar-refractivity contribution in [3.05, 3.63) is 57.2 Å². The largest absolute Gasteiger partial charge is 0.437 e. The normalized spacial score (nSPS) is 11.2. The van der Waals surface area contributed by atoms with Gasteiger partial charge in [-0.15, -0.1) is 0 Å². The summed E-state index contributed by atoms with van der Waals surface area (Å²) in [6, 6.07) is 6.80. The molecule has 0 bridgehead atoms. The predicted octanol–water partition coefficient (Wildman–Crippen LogP) is 2.53. The fourth-order valence-corrected chi connectivity index (χ4v) is 1.60. The van der Waals surface area contributed by atoms with Crippen molar-refractivity contribution >= 4 is 23.1 Å². The third-order valence-corrected chi connectivity index (χ3v) is 2.79.